The molecule has 0 unspecified atom stereocenters. The number of rotatable bonds is 7. The molecule has 2 heterocycles. The summed E-state index contributed by atoms with van der Waals surface area (Å²) in [7, 11) is 0. The summed E-state index contributed by atoms with van der Waals surface area (Å²) in [4.78, 5) is 18.8. The summed E-state index contributed by atoms with van der Waals surface area (Å²) < 4.78 is 0. The first-order chi connectivity index (χ1) is 10.7. The Balaban J connectivity index is 1.79. The summed E-state index contributed by atoms with van der Waals surface area (Å²) in [5.41, 5.74) is 1.07. The van der Waals surface area contributed by atoms with Gasteiger partial charge >= 0.3 is 0 Å². The zero-order valence-electron chi connectivity index (χ0n) is 13.9. The largest absolute Gasteiger partial charge is 0.381 e. The molecule has 1 atom stereocenters. The number of carbonyl (C=O) groups is 1. The van der Waals surface area contributed by atoms with Crippen molar-refractivity contribution in [2.45, 2.75) is 58.4 Å². The Morgan fingerprint density at radius 1 is 1.41 bits per heavy atom. The molecule has 122 valence electrons. The van der Waals surface area contributed by atoms with Crippen LogP contribution in [0.1, 0.15) is 52.4 Å². The van der Waals surface area contributed by atoms with E-state index in [1.807, 2.05) is 18.3 Å². The molecular formula is C18H29N3O. The average Bonchev–Trinajstić information content (AvgIpc) is 2.57. The monoisotopic (exact) mass is 303 g/mol. The van der Waals surface area contributed by atoms with Gasteiger partial charge in [-0.1, -0.05) is 26.7 Å². The quantitative estimate of drug-likeness (QED) is 0.835. The van der Waals surface area contributed by atoms with E-state index in [4.69, 9.17) is 0 Å². The first-order valence-electron chi connectivity index (χ1n) is 8.70. The summed E-state index contributed by atoms with van der Waals surface area (Å²) in [5.74, 6) is 0.596. The molecule has 0 spiro atoms. The number of piperidine rings is 1. The van der Waals surface area contributed by atoms with Crippen molar-refractivity contribution in [2.75, 3.05) is 18.4 Å². The smallest absolute Gasteiger partial charge is 0.225 e. The Kier molecular flexibility index (Phi) is 6.69. The maximum atomic E-state index is 12.6. The number of pyridine rings is 1. The molecule has 0 saturated carbocycles. The molecule has 1 fully saturated rings. The maximum Gasteiger partial charge on any atom is 0.225 e. The minimum atomic E-state index is 0.225. The van der Waals surface area contributed by atoms with Crippen LogP contribution in [0.15, 0.2) is 24.5 Å². The number of anilines is 1. The van der Waals surface area contributed by atoms with E-state index in [0.717, 1.165) is 50.9 Å². The van der Waals surface area contributed by atoms with Crippen LogP contribution < -0.4 is 5.32 Å². The van der Waals surface area contributed by atoms with E-state index in [0.29, 0.717) is 11.9 Å². The third-order valence-corrected chi connectivity index (χ3v) is 4.59. The maximum absolute atomic E-state index is 12.6. The second kappa shape index (κ2) is 8.76. The van der Waals surface area contributed by atoms with E-state index in [9.17, 15) is 4.79 Å². The van der Waals surface area contributed by atoms with Gasteiger partial charge in [0.1, 0.15) is 0 Å². The zero-order valence-corrected chi connectivity index (χ0v) is 13.9. The number of nitrogens with zero attached hydrogens (tertiary/aromatic N) is 2. The fourth-order valence-electron chi connectivity index (χ4n) is 3.14. The predicted octanol–water partition coefficient (Wildman–Crippen LogP) is 3.70. The number of hydrogen-bond donors (Lipinski definition) is 1. The van der Waals surface area contributed by atoms with Gasteiger partial charge in [0.05, 0.1) is 5.69 Å². The Hall–Kier alpha value is -1.58. The molecule has 1 aromatic rings. The lowest BCUT2D eigenvalue weighted by Gasteiger charge is -2.34. The lowest BCUT2D eigenvalue weighted by molar-refractivity contribution is -0.136. The molecule has 1 N–H and O–H groups in total. The highest BCUT2D eigenvalue weighted by Crippen LogP contribution is 2.21. The zero-order chi connectivity index (χ0) is 15.8. The lowest BCUT2D eigenvalue weighted by atomic mass is 9.96. The van der Waals surface area contributed by atoms with Crippen molar-refractivity contribution in [1.82, 2.24) is 9.88 Å². The van der Waals surface area contributed by atoms with Gasteiger partial charge in [0.25, 0.3) is 0 Å². The van der Waals surface area contributed by atoms with Gasteiger partial charge in [-0.15, -0.1) is 0 Å². The first kappa shape index (κ1) is 16.8. The van der Waals surface area contributed by atoms with Gasteiger partial charge in [-0.2, -0.15) is 0 Å². The van der Waals surface area contributed by atoms with Crippen LogP contribution >= 0.6 is 0 Å². The van der Waals surface area contributed by atoms with Gasteiger partial charge in [0, 0.05) is 37.4 Å². The molecular weight excluding hydrogens is 274 g/mol. The number of likely N-dealkylation sites (tertiary alicyclic amines) is 1. The van der Waals surface area contributed by atoms with Crippen LogP contribution in [0.5, 0.6) is 0 Å². The molecule has 0 aromatic carbocycles. The fourth-order valence-corrected chi connectivity index (χ4v) is 3.14. The number of nitrogens with one attached hydrogen (secondary N) is 1. The molecule has 1 aliphatic heterocycles. The van der Waals surface area contributed by atoms with Crippen LogP contribution in [0.3, 0.4) is 0 Å². The van der Waals surface area contributed by atoms with Crippen LogP contribution in [0.4, 0.5) is 5.69 Å². The lowest BCUT2D eigenvalue weighted by Crippen LogP contribution is -2.44. The van der Waals surface area contributed by atoms with Crippen LogP contribution in [-0.2, 0) is 4.79 Å². The molecule has 0 bridgehead atoms. The Morgan fingerprint density at radius 2 is 2.18 bits per heavy atom. The number of carbonyl (C=O) groups excluding carboxylic acids is 1. The van der Waals surface area contributed by atoms with Crippen LogP contribution in [-0.4, -0.2) is 34.9 Å². The van der Waals surface area contributed by atoms with Crippen molar-refractivity contribution >= 4 is 11.6 Å². The van der Waals surface area contributed by atoms with Crippen molar-refractivity contribution in [1.29, 1.82) is 0 Å². The Labute approximate surface area is 134 Å². The second-order valence-corrected chi connectivity index (χ2v) is 6.23. The van der Waals surface area contributed by atoms with E-state index < -0.39 is 0 Å². The molecule has 1 aliphatic rings. The van der Waals surface area contributed by atoms with Gasteiger partial charge in [-0.05, 0) is 37.8 Å². The number of aromatic nitrogens is 1. The number of amides is 1. The van der Waals surface area contributed by atoms with Crippen LogP contribution in [0.25, 0.3) is 0 Å². The molecule has 1 saturated heterocycles. The molecule has 1 amide bonds. The number of unbranched alkanes of at least 4 members (excludes halogenated alkanes) is 1. The molecule has 0 aliphatic carbocycles. The van der Waals surface area contributed by atoms with Crippen LogP contribution in [0.2, 0.25) is 0 Å². The number of hydrogen-bond acceptors (Lipinski definition) is 3. The van der Waals surface area contributed by atoms with Gasteiger partial charge in [0.15, 0.2) is 0 Å². The molecule has 4 heteroatoms. The van der Waals surface area contributed by atoms with Crippen molar-refractivity contribution in [3.63, 3.8) is 0 Å². The first-order valence-corrected chi connectivity index (χ1v) is 8.70. The predicted molar refractivity (Wildman–Crippen MR) is 90.8 cm³/mol. The van der Waals surface area contributed by atoms with Gasteiger partial charge in [-0.25, -0.2) is 0 Å². The molecule has 22 heavy (non-hydrogen) atoms. The van der Waals surface area contributed by atoms with Crippen molar-refractivity contribution in [2.24, 2.45) is 5.92 Å². The third kappa shape index (κ3) is 4.72. The van der Waals surface area contributed by atoms with Gasteiger partial charge in [0.2, 0.25) is 5.91 Å². The molecule has 1 aromatic heterocycles. The Bertz CT molecular complexity index is 441. The minimum Gasteiger partial charge on any atom is -0.381 e. The summed E-state index contributed by atoms with van der Waals surface area (Å²) >= 11 is 0. The second-order valence-electron chi connectivity index (χ2n) is 6.23. The summed E-state index contributed by atoms with van der Waals surface area (Å²) in [6.07, 6.45) is 10.0. The molecule has 0 radical (unpaired) electrons. The van der Waals surface area contributed by atoms with Crippen molar-refractivity contribution in [3.8, 4) is 0 Å². The summed E-state index contributed by atoms with van der Waals surface area (Å²) in [6, 6.07) is 4.44. The highest BCUT2D eigenvalue weighted by molar-refractivity contribution is 5.78. The minimum absolute atomic E-state index is 0.225. The van der Waals surface area contributed by atoms with Crippen LogP contribution in [0, 0.1) is 5.92 Å². The fraction of sp³-hybridized carbons (Fsp3) is 0.667. The SMILES string of the molecule is CCCC[C@@H](CC)C(=O)N1CCC(Nc2cccnc2)CC1. The third-order valence-electron chi connectivity index (χ3n) is 4.59. The standard InChI is InChI=1S/C18H29N3O/c1-3-5-7-15(4-2)18(22)21-12-9-16(10-13-21)20-17-8-6-11-19-14-17/h6,8,11,14-16,20H,3-5,7,9-10,12-13H2,1-2H3/t15-/m1/s1. The van der Waals surface area contributed by atoms with E-state index in [1.54, 1.807) is 6.20 Å². The molecule has 2 rings (SSSR count). The van der Waals surface area contributed by atoms with E-state index in [1.165, 1.54) is 6.42 Å². The van der Waals surface area contributed by atoms with Crippen molar-refractivity contribution < 1.29 is 4.79 Å². The van der Waals surface area contributed by atoms with E-state index in [-0.39, 0.29) is 5.92 Å². The van der Waals surface area contributed by atoms with Gasteiger partial charge in [-0.3, -0.25) is 9.78 Å². The summed E-state index contributed by atoms with van der Waals surface area (Å²) in [6.45, 7) is 6.07. The van der Waals surface area contributed by atoms with E-state index in [2.05, 4.69) is 29.0 Å². The molecule has 4 nitrogen and oxygen atoms in total. The van der Waals surface area contributed by atoms with E-state index >= 15 is 0 Å². The summed E-state index contributed by atoms with van der Waals surface area (Å²) in [5, 5.41) is 3.52. The van der Waals surface area contributed by atoms with Gasteiger partial charge < -0.3 is 10.2 Å². The highest BCUT2D eigenvalue weighted by Gasteiger charge is 2.26. The Morgan fingerprint density at radius 3 is 2.77 bits per heavy atom. The van der Waals surface area contributed by atoms with Crippen molar-refractivity contribution in [3.05, 3.63) is 24.5 Å². The normalized spacial score (nSPS) is 17.3. The average molecular weight is 303 g/mol. The highest BCUT2D eigenvalue weighted by atomic mass is 16.2. The topological polar surface area (TPSA) is 45.2 Å².